The molecule has 0 aliphatic carbocycles. The predicted octanol–water partition coefficient (Wildman–Crippen LogP) is 4.47. The highest BCUT2D eigenvalue weighted by Crippen LogP contribution is 2.39. The van der Waals surface area contributed by atoms with Gasteiger partial charge in [-0.3, -0.25) is 14.4 Å². The Morgan fingerprint density at radius 2 is 2.04 bits per heavy atom. The standard InChI is InChI=1S/C19H25NO4S2/c1-13(21)16-8-4-5-9-17(16)20-19(23)14(2)24-18(22)10-6-3-7-15-11-12-25-26-15/h4-5,8-9,14-15H,3,6-7,10-12H2,1-2H3,(H,20,23)/t14-,15+/m1/s1. The van der Waals surface area contributed by atoms with E-state index in [1.165, 1.54) is 26.0 Å². The predicted molar refractivity (Wildman–Crippen MR) is 108 cm³/mol. The number of ether oxygens (including phenoxy) is 1. The Bertz CT molecular complexity index is 644. The largest absolute Gasteiger partial charge is 0.453 e. The number of carbonyl (C=O) groups excluding carboxylic acids is 3. The third-order valence-corrected chi connectivity index (χ3v) is 7.13. The van der Waals surface area contributed by atoms with E-state index in [0.29, 0.717) is 22.9 Å². The monoisotopic (exact) mass is 395 g/mol. The van der Waals surface area contributed by atoms with E-state index in [-0.39, 0.29) is 11.8 Å². The molecule has 0 bridgehead atoms. The van der Waals surface area contributed by atoms with Gasteiger partial charge in [0.15, 0.2) is 11.9 Å². The lowest BCUT2D eigenvalue weighted by atomic mass is 10.1. The van der Waals surface area contributed by atoms with E-state index in [9.17, 15) is 14.4 Å². The Labute approximate surface area is 162 Å². The molecule has 5 nitrogen and oxygen atoms in total. The summed E-state index contributed by atoms with van der Waals surface area (Å²) in [7, 11) is 3.86. The van der Waals surface area contributed by atoms with Gasteiger partial charge in [0.1, 0.15) is 0 Å². The zero-order valence-electron chi connectivity index (χ0n) is 15.2. The third kappa shape index (κ3) is 6.68. The van der Waals surface area contributed by atoms with E-state index in [2.05, 4.69) is 5.32 Å². The molecule has 2 atom stereocenters. The number of amides is 1. The number of rotatable bonds is 9. The molecule has 1 saturated heterocycles. The maximum Gasteiger partial charge on any atom is 0.306 e. The number of carbonyl (C=O) groups is 3. The first-order valence-electron chi connectivity index (χ1n) is 8.86. The molecule has 0 unspecified atom stereocenters. The number of Topliss-reactive ketones (excluding diaryl/α,β-unsaturated/α-hetero) is 1. The summed E-state index contributed by atoms with van der Waals surface area (Å²) in [5.41, 5.74) is 0.863. The summed E-state index contributed by atoms with van der Waals surface area (Å²) in [5.74, 6) is 0.285. The molecule has 1 amide bonds. The number of unbranched alkanes of at least 4 members (excludes halogenated alkanes) is 1. The van der Waals surface area contributed by atoms with Gasteiger partial charge < -0.3 is 10.1 Å². The molecule has 1 aliphatic rings. The van der Waals surface area contributed by atoms with Crippen molar-refractivity contribution in [3.05, 3.63) is 29.8 Å². The van der Waals surface area contributed by atoms with Crippen molar-refractivity contribution in [3.63, 3.8) is 0 Å². The van der Waals surface area contributed by atoms with Crippen LogP contribution in [0.1, 0.15) is 56.3 Å². The molecular weight excluding hydrogens is 370 g/mol. The molecule has 0 aromatic heterocycles. The summed E-state index contributed by atoms with van der Waals surface area (Å²) >= 11 is 0. The van der Waals surface area contributed by atoms with Crippen LogP contribution in [0.3, 0.4) is 0 Å². The van der Waals surface area contributed by atoms with Crippen molar-refractivity contribution in [2.45, 2.75) is 57.3 Å². The minimum absolute atomic E-state index is 0.135. The first kappa shape index (κ1) is 20.8. The van der Waals surface area contributed by atoms with E-state index in [4.69, 9.17) is 4.74 Å². The molecule has 1 heterocycles. The average Bonchev–Trinajstić information content (AvgIpc) is 3.12. The van der Waals surface area contributed by atoms with Crippen LogP contribution < -0.4 is 5.32 Å². The molecule has 1 fully saturated rings. The van der Waals surface area contributed by atoms with Crippen LogP contribution in [0.4, 0.5) is 5.69 Å². The smallest absolute Gasteiger partial charge is 0.306 e. The number of hydrogen-bond donors (Lipinski definition) is 1. The Balaban J connectivity index is 1.72. The Morgan fingerprint density at radius 3 is 2.73 bits per heavy atom. The van der Waals surface area contributed by atoms with Gasteiger partial charge in [-0.2, -0.15) is 0 Å². The van der Waals surface area contributed by atoms with Crippen LogP contribution in [0.25, 0.3) is 0 Å². The molecule has 1 aromatic rings. The maximum atomic E-state index is 12.2. The molecule has 0 radical (unpaired) electrons. The molecule has 26 heavy (non-hydrogen) atoms. The van der Waals surface area contributed by atoms with Gasteiger partial charge in [0.05, 0.1) is 5.69 Å². The lowest BCUT2D eigenvalue weighted by Gasteiger charge is -2.15. The zero-order chi connectivity index (χ0) is 18.9. The highest BCUT2D eigenvalue weighted by atomic mass is 33.1. The second kappa shape index (κ2) is 10.6. The Morgan fingerprint density at radius 1 is 1.27 bits per heavy atom. The summed E-state index contributed by atoms with van der Waals surface area (Å²) in [4.78, 5) is 35.7. The van der Waals surface area contributed by atoms with Crippen LogP contribution in [0.5, 0.6) is 0 Å². The van der Waals surface area contributed by atoms with E-state index >= 15 is 0 Å². The van der Waals surface area contributed by atoms with Crippen molar-refractivity contribution in [3.8, 4) is 0 Å². The fraction of sp³-hybridized carbons (Fsp3) is 0.526. The molecule has 0 saturated carbocycles. The zero-order valence-corrected chi connectivity index (χ0v) is 16.8. The second-order valence-electron chi connectivity index (χ2n) is 6.30. The first-order valence-corrected chi connectivity index (χ1v) is 11.2. The van der Waals surface area contributed by atoms with Crippen molar-refractivity contribution in [1.29, 1.82) is 0 Å². The first-order chi connectivity index (χ1) is 12.5. The molecule has 2 rings (SSSR count). The molecule has 1 N–H and O–H groups in total. The van der Waals surface area contributed by atoms with Crippen LogP contribution in [-0.4, -0.2) is 34.8 Å². The van der Waals surface area contributed by atoms with E-state index < -0.39 is 12.0 Å². The second-order valence-corrected chi connectivity index (χ2v) is 9.09. The van der Waals surface area contributed by atoms with Crippen molar-refractivity contribution in [2.75, 3.05) is 11.1 Å². The minimum atomic E-state index is -0.899. The van der Waals surface area contributed by atoms with Gasteiger partial charge in [-0.25, -0.2) is 0 Å². The Hall–Kier alpha value is -1.47. The van der Waals surface area contributed by atoms with Crippen molar-refractivity contribution >= 4 is 44.9 Å². The summed E-state index contributed by atoms with van der Waals surface area (Å²) in [5, 5.41) is 3.37. The van der Waals surface area contributed by atoms with E-state index in [0.717, 1.165) is 19.3 Å². The number of anilines is 1. The summed E-state index contributed by atoms with van der Waals surface area (Å²) < 4.78 is 5.21. The third-order valence-electron chi connectivity index (χ3n) is 4.13. The average molecular weight is 396 g/mol. The van der Waals surface area contributed by atoms with E-state index in [1.807, 2.05) is 21.6 Å². The van der Waals surface area contributed by atoms with Gasteiger partial charge in [0.2, 0.25) is 0 Å². The number of nitrogens with one attached hydrogen (secondary N) is 1. The van der Waals surface area contributed by atoms with Crippen molar-refractivity contribution < 1.29 is 19.1 Å². The number of hydrogen-bond acceptors (Lipinski definition) is 6. The van der Waals surface area contributed by atoms with Gasteiger partial charge in [0, 0.05) is 23.0 Å². The fourth-order valence-corrected chi connectivity index (χ4v) is 5.68. The molecule has 142 valence electrons. The maximum absolute atomic E-state index is 12.2. The fourth-order valence-electron chi connectivity index (χ4n) is 2.65. The van der Waals surface area contributed by atoms with Crippen molar-refractivity contribution in [2.24, 2.45) is 0 Å². The topological polar surface area (TPSA) is 72.5 Å². The molecule has 1 aromatic carbocycles. The lowest BCUT2D eigenvalue weighted by Crippen LogP contribution is -2.30. The summed E-state index contributed by atoms with van der Waals surface area (Å²) in [6, 6.07) is 6.77. The van der Waals surface area contributed by atoms with Gasteiger partial charge in [-0.05, 0) is 45.2 Å². The van der Waals surface area contributed by atoms with Gasteiger partial charge in [0.25, 0.3) is 5.91 Å². The highest BCUT2D eigenvalue weighted by Gasteiger charge is 2.20. The van der Waals surface area contributed by atoms with Crippen LogP contribution in [0.2, 0.25) is 0 Å². The lowest BCUT2D eigenvalue weighted by molar-refractivity contribution is -0.153. The normalized spacial score (nSPS) is 17.5. The van der Waals surface area contributed by atoms with Gasteiger partial charge in [-0.1, -0.05) is 40.1 Å². The van der Waals surface area contributed by atoms with Gasteiger partial charge >= 0.3 is 5.97 Å². The Kier molecular flexibility index (Phi) is 8.51. The highest BCUT2D eigenvalue weighted by molar-refractivity contribution is 8.77. The number of ketones is 1. The summed E-state index contributed by atoms with van der Waals surface area (Å²) in [6.45, 7) is 2.98. The number of esters is 1. The van der Waals surface area contributed by atoms with Crippen LogP contribution in [0.15, 0.2) is 24.3 Å². The quantitative estimate of drug-likeness (QED) is 0.288. The van der Waals surface area contributed by atoms with Crippen LogP contribution in [-0.2, 0) is 14.3 Å². The van der Waals surface area contributed by atoms with E-state index in [1.54, 1.807) is 24.3 Å². The van der Waals surface area contributed by atoms with Crippen LogP contribution >= 0.6 is 21.6 Å². The molecule has 1 aliphatic heterocycles. The molecular formula is C19H25NO4S2. The minimum Gasteiger partial charge on any atom is -0.453 e. The summed E-state index contributed by atoms with van der Waals surface area (Å²) in [6.07, 6.45) is 3.58. The molecule has 0 spiro atoms. The SMILES string of the molecule is CC(=O)c1ccccc1NC(=O)[C@@H](C)OC(=O)CCCC[C@H]1CCSS1. The number of benzene rings is 1. The van der Waals surface area contributed by atoms with Gasteiger partial charge in [-0.15, -0.1) is 0 Å². The van der Waals surface area contributed by atoms with Crippen molar-refractivity contribution in [1.82, 2.24) is 0 Å². The number of para-hydroxylation sites is 1. The van der Waals surface area contributed by atoms with Crippen LogP contribution in [0, 0.1) is 0 Å². The molecule has 7 heteroatoms.